The molecule has 29 heavy (non-hydrogen) atoms. The van der Waals surface area contributed by atoms with Crippen molar-refractivity contribution in [2.45, 2.75) is 45.3 Å². The third kappa shape index (κ3) is 3.85. The van der Waals surface area contributed by atoms with Gasteiger partial charge in [-0.05, 0) is 49.5 Å². The van der Waals surface area contributed by atoms with E-state index >= 15 is 0 Å². The highest BCUT2D eigenvalue weighted by Crippen LogP contribution is 2.42. The molecule has 9 heteroatoms. The van der Waals surface area contributed by atoms with E-state index in [1.54, 1.807) is 0 Å². The molecule has 1 fully saturated rings. The number of alkyl halides is 3. The number of rotatable bonds is 4. The van der Waals surface area contributed by atoms with Crippen LogP contribution in [0, 0.1) is 5.92 Å². The van der Waals surface area contributed by atoms with Crippen molar-refractivity contribution in [3.8, 4) is 5.88 Å². The van der Waals surface area contributed by atoms with Crippen LogP contribution in [0.15, 0.2) is 24.3 Å². The number of hydrogen-bond acceptors (Lipinski definition) is 5. The van der Waals surface area contributed by atoms with Crippen LogP contribution < -0.4 is 0 Å². The summed E-state index contributed by atoms with van der Waals surface area (Å²) >= 11 is 1.34. The first kappa shape index (κ1) is 20.2. The highest BCUT2D eigenvalue weighted by atomic mass is 32.1. The maximum atomic E-state index is 13.0. The SMILES string of the molecule is CCc1nc2sc([C@H](c3ccc(C(F)(F)F)cc3)N3CCC(C)CC3)c(O)n2n1. The van der Waals surface area contributed by atoms with Crippen LogP contribution in [0.25, 0.3) is 4.96 Å². The lowest BCUT2D eigenvalue weighted by Crippen LogP contribution is -2.36. The minimum Gasteiger partial charge on any atom is -0.492 e. The van der Waals surface area contributed by atoms with E-state index in [-0.39, 0.29) is 11.9 Å². The molecule has 1 N–H and O–H groups in total. The Bertz CT molecular complexity index is 988. The topological polar surface area (TPSA) is 53.7 Å². The number of aromatic nitrogens is 3. The number of aromatic hydroxyl groups is 1. The molecule has 156 valence electrons. The van der Waals surface area contributed by atoms with E-state index in [4.69, 9.17) is 0 Å². The summed E-state index contributed by atoms with van der Waals surface area (Å²) in [5.74, 6) is 1.28. The number of hydrogen-bond donors (Lipinski definition) is 1. The molecular formula is C20H23F3N4OS. The number of benzene rings is 1. The van der Waals surface area contributed by atoms with E-state index in [9.17, 15) is 18.3 Å². The summed E-state index contributed by atoms with van der Waals surface area (Å²) in [6.45, 7) is 5.79. The Morgan fingerprint density at radius 1 is 1.21 bits per heavy atom. The van der Waals surface area contributed by atoms with Crippen molar-refractivity contribution in [2.75, 3.05) is 13.1 Å². The van der Waals surface area contributed by atoms with E-state index in [0.29, 0.717) is 28.0 Å². The average molecular weight is 424 g/mol. The number of halogens is 3. The van der Waals surface area contributed by atoms with Crippen LogP contribution in [0.5, 0.6) is 5.88 Å². The zero-order valence-electron chi connectivity index (χ0n) is 16.3. The van der Waals surface area contributed by atoms with Crippen LogP contribution in [-0.4, -0.2) is 37.7 Å². The first-order chi connectivity index (χ1) is 13.8. The first-order valence-corrected chi connectivity index (χ1v) is 10.6. The van der Waals surface area contributed by atoms with Gasteiger partial charge in [-0.3, -0.25) is 4.90 Å². The van der Waals surface area contributed by atoms with Gasteiger partial charge in [0.15, 0.2) is 5.82 Å². The van der Waals surface area contributed by atoms with E-state index in [1.165, 1.54) is 28.0 Å². The molecule has 3 aromatic rings. The van der Waals surface area contributed by atoms with Gasteiger partial charge >= 0.3 is 6.18 Å². The lowest BCUT2D eigenvalue weighted by Gasteiger charge is -2.36. The number of likely N-dealkylation sites (tertiary alicyclic amines) is 1. The summed E-state index contributed by atoms with van der Waals surface area (Å²) in [5.41, 5.74) is 0.0507. The molecule has 5 nitrogen and oxygen atoms in total. The standard InChI is InChI=1S/C20H23F3N4OS/c1-3-15-24-19-27(25-15)18(28)17(29-19)16(26-10-8-12(2)9-11-26)13-4-6-14(7-5-13)20(21,22)23/h4-7,12,16,28H,3,8-11H2,1-2H3/t16-/m0/s1. The van der Waals surface area contributed by atoms with Crippen LogP contribution in [0.3, 0.4) is 0 Å². The van der Waals surface area contributed by atoms with Gasteiger partial charge in [-0.2, -0.15) is 17.7 Å². The fourth-order valence-corrected chi connectivity index (χ4v) is 4.92. The lowest BCUT2D eigenvalue weighted by atomic mass is 9.95. The Morgan fingerprint density at radius 3 is 2.41 bits per heavy atom. The lowest BCUT2D eigenvalue weighted by molar-refractivity contribution is -0.137. The summed E-state index contributed by atoms with van der Waals surface area (Å²) in [6, 6.07) is 4.91. The van der Waals surface area contributed by atoms with E-state index in [1.807, 2.05) is 6.92 Å². The Balaban J connectivity index is 1.76. The molecule has 3 heterocycles. The molecule has 1 saturated heterocycles. The van der Waals surface area contributed by atoms with Crippen LogP contribution in [0.1, 0.15) is 54.6 Å². The minimum atomic E-state index is -4.37. The average Bonchev–Trinajstić information content (AvgIpc) is 3.23. The number of aryl methyl sites for hydroxylation is 1. The number of piperidine rings is 1. The normalized spacial score (nSPS) is 17.8. The molecule has 1 aliphatic heterocycles. The maximum absolute atomic E-state index is 13.0. The molecule has 4 rings (SSSR count). The molecule has 0 bridgehead atoms. The van der Waals surface area contributed by atoms with Gasteiger partial charge in [-0.1, -0.05) is 37.3 Å². The van der Waals surface area contributed by atoms with Crippen LogP contribution in [0.4, 0.5) is 13.2 Å². The zero-order valence-corrected chi connectivity index (χ0v) is 17.1. The predicted octanol–water partition coefficient (Wildman–Crippen LogP) is 4.90. The number of thiazole rings is 1. The van der Waals surface area contributed by atoms with Crippen LogP contribution in [-0.2, 0) is 12.6 Å². The smallest absolute Gasteiger partial charge is 0.416 e. The van der Waals surface area contributed by atoms with Gasteiger partial charge < -0.3 is 5.11 Å². The van der Waals surface area contributed by atoms with Gasteiger partial charge in [0.25, 0.3) is 0 Å². The Hall–Kier alpha value is -2.13. The van der Waals surface area contributed by atoms with Crippen LogP contribution in [0.2, 0.25) is 0 Å². The summed E-state index contributed by atoms with van der Waals surface area (Å²) in [7, 11) is 0. The van der Waals surface area contributed by atoms with Gasteiger partial charge in [0.2, 0.25) is 10.8 Å². The van der Waals surface area contributed by atoms with Crippen LogP contribution >= 0.6 is 11.3 Å². The molecular weight excluding hydrogens is 401 g/mol. The predicted molar refractivity (Wildman–Crippen MR) is 105 cm³/mol. The fourth-order valence-electron chi connectivity index (χ4n) is 3.79. The third-order valence-electron chi connectivity index (χ3n) is 5.55. The fraction of sp³-hybridized carbons (Fsp3) is 0.500. The molecule has 1 aromatic carbocycles. The van der Waals surface area contributed by atoms with Crippen molar-refractivity contribution in [3.63, 3.8) is 0 Å². The molecule has 1 aliphatic rings. The third-order valence-corrected chi connectivity index (χ3v) is 6.62. The van der Waals surface area contributed by atoms with Crippen molar-refractivity contribution in [1.29, 1.82) is 0 Å². The molecule has 0 saturated carbocycles. The minimum absolute atomic E-state index is 0.0146. The van der Waals surface area contributed by atoms with Gasteiger partial charge in [-0.25, -0.2) is 4.98 Å². The van der Waals surface area contributed by atoms with Gasteiger partial charge in [0, 0.05) is 6.42 Å². The van der Waals surface area contributed by atoms with Crippen molar-refractivity contribution in [3.05, 3.63) is 46.1 Å². The first-order valence-electron chi connectivity index (χ1n) is 9.76. The van der Waals surface area contributed by atoms with Gasteiger partial charge in [0.05, 0.1) is 16.5 Å². The zero-order chi connectivity index (χ0) is 20.8. The Labute approximate surface area is 170 Å². The molecule has 0 aliphatic carbocycles. The summed E-state index contributed by atoms with van der Waals surface area (Å²) < 4.78 is 40.5. The van der Waals surface area contributed by atoms with E-state index < -0.39 is 11.7 Å². The summed E-state index contributed by atoms with van der Waals surface area (Å²) in [6.07, 6.45) is -1.69. The summed E-state index contributed by atoms with van der Waals surface area (Å²) in [4.78, 5) is 7.92. The van der Waals surface area contributed by atoms with E-state index in [0.717, 1.165) is 43.6 Å². The van der Waals surface area contributed by atoms with Gasteiger partial charge in [0.1, 0.15) is 0 Å². The number of fused-ring (bicyclic) bond motifs is 1. The molecule has 2 aromatic heterocycles. The molecule has 0 amide bonds. The molecule has 1 atom stereocenters. The Morgan fingerprint density at radius 2 is 1.86 bits per heavy atom. The van der Waals surface area contributed by atoms with Crippen molar-refractivity contribution in [1.82, 2.24) is 19.5 Å². The van der Waals surface area contributed by atoms with Crippen molar-refractivity contribution in [2.24, 2.45) is 5.92 Å². The van der Waals surface area contributed by atoms with Gasteiger partial charge in [-0.15, -0.1) is 5.10 Å². The maximum Gasteiger partial charge on any atom is 0.416 e. The quantitative estimate of drug-likeness (QED) is 0.647. The Kier molecular flexibility index (Phi) is 5.29. The summed E-state index contributed by atoms with van der Waals surface area (Å²) in [5, 5.41) is 15.2. The van der Waals surface area contributed by atoms with E-state index in [2.05, 4.69) is 21.9 Å². The molecule has 0 unspecified atom stereocenters. The van der Waals surface area contributed by atoms with Crippen molar-refractivity contribution < 1.29 is 18.3 Å². The highest BCUT2D eigenvalue weighted by molar-refractivity contribution is 7.17. The largest absolute Gasteiger partial charge is 0.492 e. The number of nitrogens with zero attached hydrogens (tertiary/aromatic N) is 4. The molecule has 0 radical (unpaired) electrons. The second kappa shape index (κ2) is 7.60. The highest BCUT2D eigenvalue weighted by Gasteiger charge is 2.33. The van der Waals surface area contributed by atoms with Crippen molar-refractivity contribution >= 4 is 16.3 Å². The second-order valence-electron chi connectivity index (χ2n) is 7.61. The monoisotopic (exact) mass is 424 g/mol. The second-order valence-corrected chi connectivity index (χ2v) is 8.62. The molecule has 0 spiro atoms.